The lowest BCUT2D eigenvalue weighted by molar-refractivity contribution is 0.765. The van der Waals surface area contributed by atoms with Gasteiger partial charge in [0.25, 0.3) is 0 Å². The van der Waals surface area contributed by atoms with Gasteiger partial charge in [-0.05, 0) is 7.05 Å². The second-order valence-corrected chi connectivity index (χ2v) is 2.47. The van der Waals surface area contributed by atoms with Crippen molar-refractivity contribution in [3.8, 4) is 0 Å². The summed E-state index contributed by atoms with van der Waals surface area (Å²) in [4.78, 5) is 0. The van der Waals surface area contributed by atoms with Crippen molar-refractivity contribution in [1.82, 2.24) is 15.1 Å². The van der Waals surface area contributed by atoms with Crippen molar-refractivity contribution in [2.24, 2.45) is 7.05 Å². The molecule has 0 aromatic carbocycles. The zero-order valence-electron chi connectivity index (χ0n) is 6.06. The fourth-order valence-corrected chi connectivity index (χ4v) is 0.936. The molecule has 1 heterocycles. The highest BCUT2D eigenvalue weighted by Crippen LogP contribution is 2.12. The standard InChI is InChI=1S/C6H10ClN3/c1-8-3-5-4-9-10(2)6(5)7/h4,8H,3H2,1-2H3. The van der Waals surface area contributed by atoms with Gasteiger partial charge in [-0.3, -0.25) is 4.68 Å². The Balaban J connectivity index is 2.83. The van der Waals surface area contributed by atoms with Gasteiger partial charge in [0, 0.05) is 19.2 Å². The fraction of sp³-hybridized carbons (Fsp3) is 0.500. The number of aromatic nitrogens is 2. The molecule has 0 amide bonds. The highest BCUT2D eigenvalue weighted by atomic mass is 35.5. The lowest BCUT2D eigenvalue weighted by Crippen LogP contribution is -2.04. The number of nitrogens with zero attached hydrogens (tertiary/aromatic N) is 2. The Morgan fingerprint density at radius 1 is 1.80 bits per heavy atom. The predicted molar refractivity (Wildman–Crippen MR) is 41.0 cm³/mol. The van der Waals surface area contributed by atoms with E-state index in [1.54, 1.807) is 10.9 Å². The molecule has 0 atom stereocenters. The molecule has 56 valence electrons. The molecule has 1 N–H and O–H groups in total. The van der Waals surface area contributed by atoms with Crippen molar-refractivity contribution in [3.05, 3.63) is 16.9 Å². The van der Waals surface area contributed by atoms with Crippen LogP contribution in [0.3, 0.4) is 0 Å². The van der Waals surface area contributed by atoms with Crippen LogP contribution in [0.2, 0.25) is 5.15 Å². The van der Waals surface area contributed by atoms with Crippen LogP contribution in [0.15, 0.2) is 6.20 Å². The molecule has 4 heteroatoms. The molecule has 0 unspecified atom stereocenters. The highest BCUT2D eigenvalue weighted by Gasteiger charge is 2.02. The van der Waals surface area contributed by atoms with E-state index in [0.29, 0.717) is 5.15 Å². The van der Waals surface area contributed by atoms with Gasteiger partial charge >= 0.3 is 0 Å². The Labute approximate surface area is 65.0 Å². The molecule has 0 aliphatic heterocycles. The van der Waals surface area contributed by atoms with Gasteiger partial charge in [0.05, 0.1) is 6.20 Å². The number of rotatable bonds is 2. The van der Waals surface area contributed by atoms with Crippen LogP contribution in [0, 0.1) is 0 Å². The molecule has 0 aliphatic rings. The average Bonchev–Trinajstić information content (AvgIpc) is 2.20. The van der Waals surface area contributed by atoms with Gasteiger partial charge in [-0.1, -0.05) is 11.6 Å². The maximum atomic E-state index is 5.85. The van der Waals surface area contributed by atoms with Crippen LogP contribution < -0.4 is 5.32 Å². The summed E-state index contributed by atoms with van der Waals surface area (Å²) < 4.78 is 1.65. The average molecular weight is 160 g/mol. The van der Waals surface area contributed by atoms with E-state index in [9.17, 15) is 0 Å². The van der Waals surface area contributed by atoms with E-state index in [1.807, 2.05) is 14.1 Å². The minimum atomic E-state index is 0.703. The number of nitrogens with one attached hydrogen (secondary N) is 1. The summed E-state index contributed by atoms with van der Waals surface area (Å²) in [6.07, 6.45) is 1.76. The van der Waals surface area contributed by atoms with Crippen molar-refractivity contribution in [2.75, 3.05) is 7.05 Å². The van der Waals surface area contributed by atoms with Crippen molar-refractivity contribution in [2.45, 2.75) is 6.54 Å². The van der Waals surface area contributed by atoms with Crippen LogP contribution >= 0.6 is 11.6 Å². The Morgan fingerprint density at radius 3 is 2.90 bits per heavy atom. The SMILES string of the molecule is CNCc1cnn(C)c1Cl. The third-order valence-electron chi connectivity index (χ3n) is 1.30. The summed E-state index contributed by atoms with van der Waals surface area (Å²) in [6.45, 7) is 0.771. The molecule has 0 bridgehead atoms. The minimum absolute atomic E-state index is 0.703. The Bertz CT molecular complexity index is 219. The normalized spacial score (nSPS) is 10.3. The van der Waals surface area contributed by atoms with Crippen LogP contribution in [0.1, 0.15) is 5.56 Å². The monoisotopic (exact) mass is 159 g/mol. The maximum Gasteiger partial charge on any atom is 0.131 e. The molecule has 0 fully saturated rings. The molecule has 3 nitrogen and oxygen atoms in total. The van der Waals surface area contributed by atoms with Gasteiger partial charge in [0.2, 0.25) is 0 Å². The van der Waals surface area contributed by atoms with Crippen molar-refractivity contribution < 1.29 is 0 Å². The number of aryl methyl sites for hydroxylation is 1. The molecular weight excluding hydrogens is 150 g/mol. The molecule has 10 heavy (non-hydrogen) atoms. The van der Waals surface area contributed by atoms with Crippen molar-refractivity contribution in [3.63, 3.8) is 0 Å². The molecule has 0 spiro atoms. The van der Waals surface area contributed by atoms with Crippen LogP contribution in [-0.2, 0) is 13.6 Å². The lowest BCUT2D eigenvalue weighted by Gasteiger charge is -1.95. The molecule has 1 aromatic heterocycles. The van der Waals surface area contributed by atoms with E-state index in [-0.39, 0.29) is 0 Å². The first-order valence-corrected chi connectivity index (χ1v) is 3.44. The second kappa shape index (κ2) is 3.03. The van der Waals surface area contributed by atoms with Gasteiger partial charge in [0.1, 0.15) is 5.15 Å². The summed E-state index contributed by atoms with van der Waals surface area (Å²) in [5, 5.41) is 7.68. The fourth-order valence-electron chi connectivity index (χ4n) is 0.777. The third kappa shape index (κ3) is 1.30. The molecule has 0 aliphatic carbocycles. The predicted octanol–water partition coefficient (Wildman–Crippen LogP) is 0.793. The van der Waals surface area contributed by atoms with E-state index >= 15 is 0 Å². The van der Waals surface area contributed by atoms with Crippen LogP contribution in [0.4, 0.5) is 0 Å². The van der Waals surface area contributed by atoms with E-state index in [1.165, 1.54) is 0 Å². The Hall–Kier alpha value is -0.540. The molecular formula is C6H10ClN3. The zero-order chi connectivity index (χ0) is 7.56. The van der Waals surface area contributed by atoms with Gasteiger partial charge in [-0.15, -0.1) is 0 Å². The van der Waals surface area contributed by atoms with E-state index < -0.39 is 0 Å². The summed E-state index contributed by atoms with van der Waals surface area (Å²) in [5.74, 6) is 0. The van der Waals surface area contributed by atoms with E-state index in [4.69, 9.17) is 11.6 Å². The third-order valence-corrected chi connectivity index (χ3v) is 1.79. The first-order chi connectivity index (χ1) is 4.75. The number of hydrogen-bond donors (Lipinski definition) is 1. The molecule has 1 rings (SSSR count). The quantitative estimate of drug-likeness (QED) is 0.692. The number of halogens is 1. The Kier molecular flexibility index (Phi) is 2.29. The van der Waals surface area contributed by atoms with E-state index in [0.717, 1.165) is 12.1 Å². The smallest absolute Gasteiger partial charge is 0.131 e. The highest BCUT2D eigenvalue weighted by molar-refractivity contribution is 6.30. The first kappa shape index (κ1) is 7.57. The lowest BCUT2D eigenvalue weighted by atomic mass is 10.4. The van der Waals surface area contributed by atoms with Gasteiger partial charge in [0.15, 0.2) is 0 Å². The van der Waals surface area contributed by atoms with Crippen LogP contribution in [0.25, 0.3) is 0 Å². The number of hydrogen-bond acceptors (Lipinski definition) is 2. The molecule has 0 radical (unpaired) electrons. The maximum absolute atomic E-state index is 5.85. The van der Waals surface area contributed by atoms with Crippen molar-refractivity contribution >= 4 is 11.6 Å². The Morgan fingerprint density at radius 2 is 2.50 bits per heavy atom. The molecule has 1 aromatic rings. The molecule has 0 saturated heterocycles. The van der Waals surface area contributed by atoms with Crippen LogP contribution in [-0.4, -0.2) is 16.8 Å². The summed E-state index contributed by atoms with van der Waals surface area (Å²) in [5.41, 5.74) is 1.03. The van der Waals surface area contributed by atoms with Gasteiger partial charge in [-0.2, -0.15) is 5.10 Å². The molecule has 0 saturated carbocycles. The van der Waals surface area contributed by atoms with E-state index in [2.05, 4.69) is 10.4 Å². The van der Waals surface area contributed by atoms with Crippen molar-refractivity contribution in [1.29, 1.82) is 0 Å². The topological polar surface area (TPSA) is 29.9 Å². The van der Waals surface area contributed by atoms with Gasteiger partial charge in [-0.25, -0.2) is 0 Å². The van der Waals surface area contributed by atoms with Crippen LogP contribution in [0.5, 0.6) is 0 Å². The largest absolute Gasteiger partial charge is 0.316 e. The summed E-state index contributed by atoms with van der Waals surface area (Å²) >= 11 is 5.85. The van der Waals surface area contributed by atoms with Gasteiger partial charge < -0.3 is 5.32 Å². The summed E-state index contributed by atoms with van der Waals surface area (Å²) in [6, 6.07) is 0. The zero-order valence-corrected chi connectivity index (χ0v) is 6.81. The minimum Gasteiger partial charge on any atom is -0.316 e. The second-order valence-electron chi connectivity index (χ2n) is 2.11. The summed E-state index contributed by atoms with van der Waals surface area (Å²) in [7, 11) is 3.70. The first-order valence-electron chi connectivity index (χ1n) is 3.06.